The van der Waals surface area contributed by atoms with Crippen molar-refractivity contribution >= 4 is 23.3 Å². The number of esters is 1. The third-order valence-corrected chi connectivity index (χ3v) is 4.02. The Bertz CT molecular complexity index is 757. The first-order chi connectivity index (χ1) is 11.6. The van der Waals surface area contributed by atoms with Crippen molar-refractivity contribution in [2.24, 2.45) is 5.92 Å². The fourth-order valence-electron chi connectivity index (χ4n) is 3.00. The molecule has 2 aromatic carbocycles. The van der Waals surface area contributed by atoms with Crippen LogP contribution >= 0.6 is 0 Å². The van der Waals surface area contributed by atoms with E-state index in [0.717, 1.165) is 5.56 Å². The van der Waals surface area contributed by atoms with Crippen molar-refractivity contribution in [3.63, 3.8) is 0 Å². The van der Waals surface area contributed by atoms with Gasteiger partial charge in [-0.3, -0.25) is 19.3 Å². The largest absolute Gasteiger partial charge is 0.465 e. The van der Waals surface area contributed by atoms with Crippen molar-refractivity contribution in [1.82, 2.24) is 0 Å². The molecular weight excluding hydrogens is 306 g/mol. The van der Waals surface area contributed by atoms with Crippen LogP contribution in [-0.2, 0) is 19.1 Å². The highest BCUT2D eigenvalue weighted by molar-refractivity contribution is 6.47. The lowest BCUT2D eigenvalue weighted by Crippen LogP contribution is -2.31. The van der Waals surface area contributed by atoms with Crippen molar-refractivity contribution < 1.29 is 19.1 Å². The van der Waals surface area contributed by atoms with E-state index < -0.39 is 29.6 Å². The number of rotatable bonds is 4. The number of benzene rings is 2. The number of hydrogen-bond donors (Lipinski definition) is 0. The fourth-order valence-corrected chi connectivity index (χ4v) is 3.00. The molecule has 1 amide bonds. The molecule has 5 nitrogen and oxygen atoms in total. The molecule has 2 aromatic rings. The maximum atomic E-state index is 12.6. The SMILES string of the molecule is CCOC(=O)[C@@H]1C(=O)C(=O)N(c2ccccc2)[C@H]1c1ccccc1. The number of amides is 1. The van der Waals surface area contributed by atoms with Crippen LogP contribution in [0.5, 0.6) is 0 Å². The van der Waals surface area contributed by atoms with Gasteiger partial charge in [-0.25, -0.2) is 0 Å². The number of carbonyl (C=O) groups is 3. The topological polar surface area (TPSA) is 63.7 Å². The highest BCUT2D eigenvalue weighted by atomic mass is 16.5. The van der Waals surface area contributed by atoms with E-state index in [9.17, 15) is 14.4 Å². The molecule has 24 heavy (non-hydrogen) atoms. The first kappa shape index (κ1) is 15.9. The van der Waals surface area contributed by atoms with Gasteiger partial charge in [0, 0.05) is 5.69 Å². The van der Waals surface area contributed by atoms with Gasteiger partial charge in [-0.2, -0.15) is 0 Å². The van der Waals surface area contributed by atoms with Crippen LogP contribution in [0.25, 0.3) is 0 Å². The van der Waals surface area contributed by atoms with Gasteiger partial charge in [0.1, 0.15) is 5.92 Å². The Morgan fingerprint density at radius 3 is 2.17 bits per heavy atom. The Hall–Kier alpha value is -2.95. The van der Waals surface area contributed by atoms with Crippen molar-refractivity contribution in [1.29, 1.82) is 0 Å². The first-order valence-corrected chi connectivity index (χ1v) is 7.79. The molecule has 0 unspecified atom stereocenters. The molecule has 0 N–H and O–H groups in total. The second kappa shape index (κ2) is 6.66. The van der Waals surface area contributed by atoms with Crippen LogP contribution < -0.4 is 4.90 Å². The summed E-state index contributed by atoms with van der Waals surface area (Å²) in [6.07, 6.45) is 0. The van der Waals surface area contributed by atoms with Crippen LogP contribution in [0.1, 0.15) is 18.5 Å². The molecule has 0 aliphatic carbocycles. The number of carbonyl (C=O) groups excluding carboxylic acids is 3. The summed E-state index contributed by atoms with van der Waals surface area (Å²) in [5, 5.41) is 0. The maximum Gasteiger partial charge on any atom is 0.319 e. The lowest BCUT2D eigenvalue weighted by atomic mass is 9.93. The lowest BCUT2D eigenvalue weighted by Gasteiger charge is -2.26. The van der Waals surface area contributed by atoms with E-state index in [0.29, 0.717) is 5.69 Å². The monoisotopic (exact) mass is 323 g/mol. The normalized spacial score (nSPS) is 20.3. The summed E-state index contributed by atoms with van der Waals surface area (Å²) in [5.74, 6) is -3.23. The van der Waals surface area contributed by atoms with Crippen molar-refractivity contribution in [3.05, 3.63) is 66.2 Å². The van der Waals surface area contributed by atoms with Crippen LogP contribution in [-0.4, -0.2) is 24.3 Å². The molecule has 1 aliphatic heterocycles. The highest BCUT2D eigenvalue weighted by Crippen LogP contribution is 2.40. The van der Waals surface area contributed by atoms with Gasteiger partial charge in [0.2, 0.25) is 5.78 Å². The molecule has 1 heterocycles. The van der Waals surface area contributed by atoms with E-state index in [1.54, 1.807) is 43.3 Å². The Morgan fingerprint density at radius 1 is 1.00 bits per heavy atom. The highest BCUT2D eigenvalue weighted by Gasteiger charge is 2.53. The second-order valence-corrected chi connectivity index (χ2v) is 5.46. The Balaban J connectivity index is 2.11. The maximum absolute atomic E-state index is 12.6. The van der Waals surface area contributed by atoms with E-state index in [-0.39, 0.29) is 6.61 Å². The molecule has 2 atom stereocenters. The molecule has 0 spiro atoms. The zero-order chi connectivity index (χ0) is 17.1. The third kappa shape index (κ3) is 2.69. The van der Waals surface area contributed by atoms with E-state index in [2.05, 4.69) is 0 Å². The molecule has 0 aromatic heterocycles. The number of anilines is 1. The number of nitrogens with zero attached hydrogens (tertiary/aromatic N) is 1. The van der Waals surface area contributed by atoms with Crippen molar-refractivity contribution in [2.75, 3.05) is 11.5 Å². The molecule has 1 saturated heterocycles. The Morgan fingerprint density at radius 2 is 1.58 bits per heavy atom. The summed E-state index contributed by atoms with van der Waals surface area (Å²) in [7, 11) is 0. The molecule has 5 heteroatoms. The fraction of sp³-hybridized carbons (Fsp3) is 0.211. The third-order valence-electron chi connectivity index (χ3n) is 4.02. The minimum atomic E-state index is -1.15. The first-order valence-electron chi connectivity index (χ1n) is 7.79. The summed E-state index contributed by atoms with van der Waals surface area (Å²) < 4.78 is 5.04. The molecule has 3 rings (SSSR count). The average Bonchev–Trinajstić information content (AvgIpc) is 2.88. The zero-order valence-electron chi connectivity index (χ0n) is 13.2. The summed E-state index contributed by atoms with van der Waals surface area (Å²) in [5.41, 5.74) is 1.30. The number of ether oxygens (including phenoxy) is 1. The van der Waals surface area contributed by atoms with Gasteiger partial charge >= 0.3 is 5.97 Å². The summed E-state index contributed by atoms with van der Waals surface area (Å²) in [4.78, 5) is 38.8. The predicted molar refractivity (Wildman–Crippen MR) is 88.2 cm³/mol. The Kier molecular flexibility index (Phi) is 4.42. The van der Waals surface area contributed by atoms with E-state index in [1.165, 1.54) is 4.90 Å². The summed E-state index contributed by atoms with van der Waals surface area (Å²) in [6, 6.07) is 17.3. The molecule has 0 bridgehead atoms. The van der Waals surface area contributed by atoms with E-state index >= 15 is 0 Å². The van der Waals surface area contributed by atoms with Gasteiger partial charge in [0.15, 0.2) is 0 Å². The summed E-state index contributed by atoms with van der Waals surface area (Å²) in [6.45, 7) is 1.83. The van der Waals surface area contributed by atoms with Gasteiger partial charge in [0.05, 0.1) is 12.6 Å². The quantitative estimate of drug-likeness (QED) is 0.493. The van der Waals surface area contributed by atoms with Crippen LogP contribution in [0.15, 0.2) is 60.7 Å². The van der Waals surface area contributed by atoms with E-state index in [1.807, 2.05) is 24.3 Å². The smallest absolute Gasteiger partial charge is 0.319 e. The van der Waals surface area contributed by atoms with Crippen LogP contribution in [0, 0.1) is 5.92 Å². The second-order valence-electron chi connectivity index (χ2n) is 5.46. The number of ketones is 1. The van der Waals surface area contributed by atoms with Crippen molar-refractivity contribution in [2.45, 2.75) is 13.0 Å². The van der Waals surface area contributed by atoms with Crippen molar-refractivity contribution in [3.8, 4) is 0 Å². The molecule has 1 fully saturated rings. The van der Waals surface area contributed by atoms with Crippen LogP contribution in [0.3, 0.4) is 0 Å². The summed E-state index contributed by atoms with van der Waals surface area (Å²) >= 11 is 0. The van der Waals surface area contributed by atoms with Crippen LogP contribution in [0.4, 0.5) is 5.69 Å². The molecule has 0 saturated carbocycles. The lowest BCUT2D eigenvalue weighted by molar-refractivity contribution is -0.152. The minimum absolute atomic E-state index is 0.156. The molecule has 1 aliphatic rings. The molecule has 0 radical (unpaired) electrons. The molecular formula is C19H17NO4. The van der Waals surface area contributed by atoms with Gasteiger partial charge in [-0.15, -0.1) is 0 Å². The standard InChI is InChI=1S/C19H17NO4/c1-2-24-19(23)15-16(13-9-5-3-6-10-13)20(18(22)17(15)21)14-11-7-4-8-12-14/h3-12,15-16H,2H2,1H3/t15-,16-/m0/s1. The van der Waals surface area contributed by atoms with Crippen LogP contribution in [0.2, 0.25) is 0 Å². The average molecular weight is 323 g/mol. The number of para-hydroxylation sites is 1. The zero-order valence-corrected chi connectivity index (χ0v) is 13.2. The van der Waals surface area contributed by atoms with Gasteiger partial charge in [-0.05, 0) is 24.6 Å². The predicted octanol–water partition coefficient (Wildman–Crippen LogP) is 2.52. The van der Waals surface area contributed by atoms with Gasteiger partial charge in [0.25, 0.3) is 5.91 Å². The van der Waals surface area contributed by atoms with Gasteiger partial charge in [-0.1, -0.05) is 48.5 Å². The van der Waals surface area contributed by atoms with E-state index in [4.69, 9.17) is 4.74 Å². The molecule has 122 valence electrons. The number of hydrogen-bond acceptors (Lipinski definition) is 4. The van der Waals surface area contributed by atoms with Gasteiger partial charge < -0.3 is 4.74 Å². The minimum Gasteiger partial charge on any atom is -0.465 e. The number of Topliss-reactive ketones (excluding diaryl/α,β-unsaturated/α-hetero) is 1. The Labute approximate surface area is 139 Å².